The molecule has 0 atom stereocenters. The van der Waals surface area contributed by atoms with Gasteiger partial charge >= 0.3 is 0 Å². The van der Waals surface area contributed by atoms with E-state index in [-0.39, 0.29) is 10.8 Å². The molecule has 0 radical (unpaired) electrons. The molecule has 0 N–H and O–H groups in total. The van der Waals surface area contributed by atoms with Gasteiger partial charge in [0, 0.05) is 57.4 Å². The van der Waals surface area contributed by atoms with Gasteiger partial charge in [0.2, 0.25) is 5.69 Å². The van der Waals surface area contributed by atoms with Gasteiger partial charge in [-0.1, -0.05) is 106 Å². The molecule has 0 amide bonds. The Morgan fingerprint density at radius 1 is 0.792 bits per heavy atom. The summed E-state index contributed by atoms with van der Waals surface area (Å²) in [6, 6.07) is 35.0. The van der Waals surface area contributed by atoms with Crippen LogP contribution in [0.5, 0.6) is 0 Å². The second kappa shape index (κ2) is 15.8. The van der Waals surface area contributed by atoms with Gasteiger partial charge in [-0.25, -0.2) is 0 Å². The monoisotopic (exact) mass is 722 g/mol. The number of rotatable bonds is 12. The molecule has 4 aromatic carbocycles. The van der Waals surface area contributed by atoms with Crippen molar-refractivity contribution >= 4 is 40.1 Å². The van der Waals surface area contributed by atoms with Crippen LogP contribution in [0, 0.1) is 0 Å². The fraction of sp³-hybridized carbons (Fsp3) is 0.327. The van der Waals surface area contributed by atoms with Gasteiger partial charge in [0.15, 0.2) is 5.71 Å². The molecule has 0 spiro atoms. The molecule has 0 aliphatic carbocycles. The number of halogens is 1. The van der Waals surface area contributed by atoms with Crippen molar-refractivity contribution in [3.8, 4) is 0 Å². The van der Waals surface area contributed by atoms with Gasteiger partial charge in [-0.2, -0.15) is 4.58 Å². The van der Waals surface area contributed by atoms with Gasteiger partial charge < -0.3 is 9.80 Å². The van der Waals surface area contributed by atoms with E-state index < -0.39 is 0 Å². The Bertz CT molecular complexity index is 2070. The Hall–Kier alpha value is -4.60. The van der Waals surface area contributed by atoms with E-state index in [1.165, 1.54) is 56.3 Å². The van der Waals surface area contributed by atoms with Gasteiger partial charge in [0.1, 0.15) is 6.54 Å². The van der Waals surface area contributed by atoms with Gasteiger partial charge in [0.25, 0.3) is 0 Å². The molecule has 0 saturated heterocycles. The van der Waals surface area contributed by atoms with Crippen LogP contribution in [0.4, 0.5) is 22.7 Å². The van der Waals surface area contributed by atoms with Crippen molar-refractivity contribution < 1.29 is 4.58 Å². The van der Waals surface area contributed by atoms with E-state index in [4.69, 9.17) is 11.6 Å². The Kier molecular flexibility index (Phi) is 11.4. The summed E-state index contributed by atoms with van der Waals surface area (Å²) in [7, 11) is 0. The topological polar surface area (TPSA) is 9.49 Å². The van der Waals surface area contributed by atoms with Crippen LogP contribution >= 0.6 is 11.6 Å². The van der Waals surface area contributed by atoms with Crippen molar-refractivity contribution in [1.29, 1.82) is 0 Å². The number of benzene rings is 4. The van der Waals surface area contributed by atoms with E-state index in [9.17, 15) is 0 Å². The highest BCUT2D eigenvalue weighted by Crippen LogP contribution is 2.48. The van der Waals surface area contributed by atoms with Crippen LogP contribution in [0.15, 0.2) is 144 Å². The lowest BCUT2D eigenvalue weighted by Crippen LogP contribution is -2.27. The predicted molar refractivity (Wildman–Crippen MR) is 230 cm³/mol. The second-order valence-electron chi connectivity index (χ2n) is 15.4. The summed E-state index contributed by atoms with van der Waals surface area (Å²) < 4.78 is 2.44. The Morgan fingerprint density at radius 2 is 1.45 bits per heavy atom. The number of hydrogen-bond donors (Lipinski definition) is 0. The highest BCUT2D eigenvalue weighted by Gasteiger charge is 2.44. The summed E-state index contributed by atoms with van der Waals surface area (Å²) in [5.74, 6) is 0. The number of aryl methyl sites for hydroxylation is 1. The van der Waals surface area contributed by atoms with Crippen LogP contribution in [0.1, 0.15) is 91.8 Å². The number of likely N-dealkylation sites (N-methyl/N-ethyl adjacent to an activating group) is 1. The third kappa shape index (κ3) is 7.21. The maximum atomic E-state index is 6.55. The minimum absolute atomic E-state index is 0.117. The first-order valence-corrected chi connectivity index (χ1v) is 19.9. The molecule has 274 valence electrons. The van der Waals surface area contributed by atoms with E-state index in [1.807, 2.05) is 6.07 Å². The van der Waals surface area contributed by atoms with E-state index in [2.05, 4.69) is 192 Å². The van der Waals surface area contributed by atoms with Crippen molar-refractivity contribution in [2.45, 2.75) is 92.4 Å². The van der Waals surface area contributed by atoms with Gasteiger partial charge in [0.05, 0.1) is 11.1 Å². The zero-order valence-corrected chi connectivity index (χ0v) is 34.1. The molecule has 0 bridgehead atoms. The zero-order chi connectivity index (χ0) is 37.9. The largest absolute Gasteiger partial charge is 0.344 e. The van der Waals surface area contributed by atoms with Gasteiger partial charge in [-0.3, -0.25) is 0 Å². The molecule has 4 aromatic rings. The maximum Gasteiger partial charge on any atom is 0.209 e. The van der Waals surface area contributed by atoms with E-state index in [0.29, 0.717) is 0 Å². The van der Waals surface area contributed by atoms with Crippen molar-refractivity contribution in [1.82, 2.24) is 0 Å². The minimum atomic E-state index is -0.192. The van der Waals surface area contributed by atoms with Crippen LogP contribution in [0.25, 0.3) is 0 Å². The van der Waals surface area contributed by atoms with Crippen molar-refractivity contribution in [3.05, 3.63) is 166 Å². The van der Waals surface area contributed by atoms with Crippen LogP contribution in [-0.2, 0) is 17.3 Å². The fourth-order valence-corrected chi connectivity index (χ4v) is 8.59. The Labute approximate surface area is 324 Å². The molecule has 2 heterocycles. The molecular weight excluding hydrogens is 666 g/mol. The summed E-state index contributed by atoms with van der Waals surface area (Å²) in [6.07, 6.45) is 12.5. The Balaban J connectivity index is 1.57. The maximum absolute atomic E-state index is 6.55. The lowest BCUT2D eigenvalue weighted by Gasteiger charge is -2.31. The number of nitrogens with zero attached hydrogens (tertiary/aromatic N) is 3. The van der Waals surface area contributed by atoms with Gasteiger partial charge in [-0.05, 0) is 118 Å². The molecule has 53 heavy (non-hydrogen) atoms. The molecule has 0 saturated carbocycles. The predicted octanol–water partition coefficient (Wildman–Crippen LogP) is 13.4. The van der Waals surface area contributed by atoms with Crippen LogP contribution in [0.3, 0.4) is 0 Å². The number of allylic oxidation sites excluding steroid dienone is 7. The quantitative estimate of drug-likeness (QED) is 0.106. The first-order chi connectivity index (χ1) is 25.5. The first-order valence-electron chi connectivity index (χ1n) is 19.5. The Morgan fingerprint density at radius 3 is 2.04 bits per heavy atom. The number of hydrogen-bond acceptors (Lipinski definition) is 2. The van der Waals surface area contributed by atoms with Crippen LogP contribution in [0.2, 0.25) is 5.02 Å². The van der Waals surface area contributed by atoms with Crippen molar-refractivity contribution in [2.75, 3.05) is 22.9 Å². The summed E-state index contributed by atoms with van der Waals surface area (Å²) in [5.41, 5.74) is 15.0. The highest BCUT2D eigenvalue weighted by atomic mass is 35.5. The molecular formula is C49H57ClN3+. The van der Waals surface area contributed by atoms with Crippen LogP contribution < -0.4 is 9.80 Å². The molecule has 6 rings (SSSR count). The van der Waals surface area contributed by atoms with Crippen molar-refractivity contribution in [3.63, 3.8) is 0 Å². The molecule has 0 unspecified atom stereocenters. The lowest BCUT2D eigenvalue weighted by atomic mass is 9.81. The molecule has 0 fully saturated rings. The number of fused-ring (bicyclic) bond motifs is 2. The SMILES string of the molecule is CCCC(=C\C=C1\N(CC)c2ccc(CC)cc2C1(C)C)/C(=C(C)/C=C/C1=[N+](CC)c2ccc(Cl)cc2C1(C)C)N(c1ccccc1)c1ccccc1. The first kappa shape index (κ1) is 38.1. The second-order valence-corrected chi connectivity index (χ2v) is 15.8. The molecule has 4 heteroatoms. The lowest BCUT2D eigenvalue weighted by molar-refractivity contribution is -0.433. The third-order valence-electron chi connectivity index (χ3n) is 11.2. The smallest absolute Gasteiger partial charge is 0.209 e. The highest BCUT2D eigenvalue weighted by molar-refractivity contribution is 6.30. The summed E-state index contributed by atoms with van der Waals surface area (Å²) in [4.78, 5) is 4.97. The van der Waals surface area contributed by atoms with Crippen molar-refractivity contribution in [2.24, 2.45) is 0 Å². The van der Waals surface area contributed by atoms with E-state index >= 15 is 0 Å². The summed E-state index contributed by atoms with van der Waals surface area (Å²) >= 11 is 6.55. The number of para-hydroxylation sites is 2. The average molecular weight is 723 g/mol. The normalized spacial score (nSPS) is 17.4. The molecule has 0 aromatic heterocycles. The molecule has 2 aliphatic heterocycles. The third-order valence-corrected chi connectivity index (χ3v) is 11.5. The zero-order valence-electron chi connectivity index (χ0n) is 33.3. The average Bonchev–Trinajstić information content (AvgIpc) is 3.52. The van der Waals surface area contributed by atoms with E-state index in [1.54, 1.807) is 0 Å². The number of anilines is 3. The summed E-state index contributed by atoms with van der Waals surface area (Å²) in [5, 5.41) is 0.780. The minimum Gasteiger partial charge on any atom is -0.344 e. The summed E-state index contributed by atoms with van der Waals surface area (Å²) in [6.45, 7) is 22.5. The molecule has 3 nitrogen and oxygen atoms in total. The van der Waals surface area contributed by atoms with E-state index in [0.717, 1.165) is 48.7 Å². The standard InChI is InChI=1S/C49H57ClN3/c1-10-20-37(27-32-46-48(6,7)41-33-36(11-2)26-29-43(41)51(46)12-3)47(53(39-21-16-14-17-22-39)40-23-18-15-19-24-40)35(5)25-31-45-49(8,9)42-34-38(50)28-30-44(42)52(45)13-4/h14-19,21-34H,10-13,20H2,1-9H3/q+1. The fourth-order valence-electron chi connectivity index (χ4n) is 8.42. The van der Waals surface area contributed by atoms with Crippen LogP contribution in [-0.4, -0.2) is 23.4 Å². The molecule has 2 aliphatic rings. The van der Waals surface area contributed by atoms with Gasteiger partial charge in [-0.15, -0.1) is 0 Å².